The first-order valence-electron chi connectivity index (χ1n) is 10.2. The molecule has 0 radical (unpaired) electrons. The molecule has 0 fully saturated rings. The number of hydrogen-bond acceptors (Lipinski definition) is 3. The van der Waals surface area contributed by atoms with E-state index in [0.29, 0.717) is 16.9 Å². The first kappa shape index (κ1) is 22.2. The molecule has 0 heterocycles. The molecule has 160 valence electrons. The minimum atomic E-state index is -0.304. The molecular weight excluding hydrogens is 393 g/mol. The Morgan fingerprint density at radius 1 is 0.839 bits per heavy atom. The number of carbonyl (C=O) groups excluding carboxylic acids is 2. The zero-order valence-corrected chi connectivity index (χ0v) is 17.6. The lowest BCUT2D eigenvalue weighted by atomic mass is 9.96. The molecule has 0 aliphatic carbocycles. The third-order valence-corrected chi connectivity index (χ3v) is 4.86. The summed E-state index contributed by atoms with van der Waals surface area (Å²) in [4.78, 5) is 25.3. The maximum Gasteiger partial charge on any atom is 0.257 e. The van der Waals surface area contributed by atoms with Crippen molar-refractivity contribution in [3.05, 3.63) is 95.8 Å². The van der Waals surface area contributed by atoms with E-state index in [9.17, 15) is 14.0 Å². The highest BCUT2D eigenvalue weighted by Gasteiger charge is 2.18. The third-order valence-electron chi connectivity index (χ3n) is 4.86. The summed E-state index contributed by atoms with van der Waals surface area (Å²) in [7, 11) is 0. The average Bonchev–Trinajstić information content (AvgIpc) is 2.76. The monoisotopic (exact) mass is 419 g/mol. The van der Waals surface area contributed by atoms with Crippen molar-refractivity contribution in [1.29, 1.82) is 0 Å². The fraction of sp³-hybridized carbons (Fsp3) is 0.200. The Morgan fingerprint density at radius 3 is 2.16 bits per heavy atom. The molecule has 0 spiro atoms. The van der Waals surface area contributed by atoms with Gasteiger partial charge in [0.25, 0.3) is 5.91 Å². The number of nitrogens with one attached hydrogen (secondary N) is 3. The van der Waals surface area contributed by atoms with Crippen LogP contribution in [0.4, 0.5) is 15.8 Å². The normalized spacial score (nSPS) is 11.7. The Bertz CT molecular complexity index is 1020. The van der Waals surface area contributed by atoms with Gasteiger partial charge in [-0.3, -0.25) is 9.59 Å². The maximum absolute atomic E-state index is 13.2. The van der Waals surface area contributed by atoms with Gasteiger partial charge in [0.15, 0.2) is 0 Å². The highest BCUT2D eigenvalue weighted by molar-refractivity contribution is 6.10. The van der Waals surface area contributed by atoms with E-state index in [1.807, 2.05) is 32.0 Å². The van der Waals surface area contributed by atoms with Crippen LogP contribution in [0, 0.1) is 11.7 Å². The third kappa shape index (κ3) is 6.23. The van der Waals surface area contributed by atoms with E-state index in [1.54, 1.807) is 48.5 Å². The number of hydrogen-bond donors (Lipinski definition) is 3. The highest BCUT2D eigenvalue weighted by Crippen LogP contribution is 2.22. The number of para-hydroxylation sites is 2. The summed E-state index contributed by atoms with van der Waals surface area (Å²) in [5.41, 5.74) is 2.39. The molecule has 0 bridgehead atoms. The lowest BCUT2D eigenvalue weighted by Gasteiger charge is -2.23. The second-order valence-corrected chi connectivity index (χ2v) is 7.57. The van der Waals surface area contributed by atoms with Crippen LogP contribution in [-0.4, -0.2) is 18.4 Å². The molecule has 1 atom stereocenters. The second kappa shape index (κ2) is 10.5. The standard InChI is InChI=1S/C25H26FN3O2/c1-17(2)24(18-12-14-19(26)15-13-18)27-16-23(30)29-22-11-7-6-10-21(22)25(31)28-20-8-4-3-5-9-20/h3-15,17,24,27H,16H2,1-2H3,(H,28,31)(H,29,30)/t24-/m1/s1. The predicted octanol–water partition coefficient (Wildman–Crippen LogP) is 5.00. The van der Waals surface area contributed by atoms with E-state index in [2.05, 4.69) is 16.0 Å². The van der Waals surface area contributed by atoms with Gasteiger partial charge in [0.2, 0.25) is 5.91 Å². The molecule has 0 unspecified atom stereocenters. The molecule has 3 aromatic carbocycles. The lowest BCUT2D eigenvalue weighted by Crippen LogP contribution is -2.34. The van der Waals surface area contributed by atoms with Gasteiger partial charge in [0, 0.05) is 11.7 Å². The van der Waals surface area contributed by atoms with E-state index in [-0.39, 0.29) is 36.1 Å². The van der Waals surface area contributed by atoms with Crippen molar-refractivity contribution >= 4 is 23.2 Å². The summed E-state index contributed by atoms with van der Waals surface area (Å²) >= 11 is 0. The summed E-state index contributed by atoms with van der Waals surface area (Å²) in [6, 6.07) is 22.1. The van der Waals surface area contributed by atoms with Crippen molar-refractivity contribution in [1.82, 2.24) is 5.32 Å². The average molecular weight is 420 g/mol. The van der Waals surface area contributed by atoms with Gasteiger partial charge in [-0.2, -0.15) is 0 Å². The zero-order chi connectivity index (χ0) is 22.2. The Labute approximate surface area is 181 Å². The number of benzene rings is 3. The van der Waals surface area contributed by atoms with Crippen molar-refractivity contribution in [3.8, 4) is 0 Å². The van der Waals surface area contributed by atoms with Gasteiger partial charge in [0.1, 0.15) is 5.82 Å². The van der Waals surface area contributed by atoms with Gasteiger partial charge in [0.05, 0.1) is 17.8 Å². The first-order chi connectivity index (χ1) is 14.9. The van der Waals surface area contributed by atoms with Crippen LogP contribution in [0.1, 0.15) is 35.8 Å². The van der Waals surface area contributed by atoms with E-state index in [4.69, 9.17) is 0 Å². The predicted molar refractivity (Wildman–Crippen MR) is 121 cm³/mol. The smallest absolute Gasteiger partial charge is 0.257 e. The number of amides is 2. The van der Waals surface area contributed by atoms with E-state index >= 15 is 0 Å². The minimum Gasteiger partial charge on any atom is -0.324 e. The molecule has 0 saturated carbocycles. The van der Waals surface area contributed by atoms with E-state index in [1.165, 1.54) is 12.1 Å². The van der Waals surface area contributed by atoms with Gasteiger partial charge in [-0.1, -0.05) is 56.3 Å². The Hall–Kier alpha value is -3.51. The van der Waals surface area contributed by atoms with E-state index in [0.717, 1.165) is 5.56 Å². The maximum atomic E-state index is 13.2. The topological polar surface area (TPSA) is 70.2 Å². The minimum absolute atomic E-state index is 0.0505. The fourth-order valence-corrected chi connectivity index (χ4v) is 3.32. The van der Waals surface area contributed by atoms with Gasteiger partial charge < -0.3 is 16.0 Å². The van der Waals surface area contributed by atoms with Gasteiger partial charge >= 0.3 is 0 Å². The van der Waals surface area contributed by atoms with Gasteiger partial charge in [-0.25, -0.2) is 4.39 Å². The molecular formula is C25H26FN3O2. The number of carbonyl (C=O) groups is 2. The lowest BCUT2D eigenvalue weighted by molar-refractivity contribution is -0.115. The van der Waals surface area contributed by atoms with Crippen LogP contribution in [0.2, 0.25) is 0 Å². The summed E-state index contributed by atoms with van der Waals surface area (Å²) in [5, 5.41) is 8.86. The molecule has 0 aliphatic heterocycles. The molecule has 0 saturated heterocycles. The molecule has 31 heavy (non-hydrogen) atoms. The van der Waals surface area contributed by atoms with Crippen molar-refractivity contribution < 1.29 is 14.0 Å². The Kier molecular flexibility index (Phi) is 7.51. The van der Waals surface area contributed by atoms with E-state index < -0.39 is 0 Å². The fourth-order valence-electron chi connectivity index (χ4n) is 3.32. The highest BCUT2D eigenvalue weighted by atomic mass is 19.1. The molecule has 3 aromatic rings. The van der Waals surface area contributed by atoms with Crippen molar-refractivity contribution in [2.24, 2.45) is 5.92 Å². The largest absolute Gasteiger partial charge is 0.324 e. The van der Waals surface area contributed by atoms with Crippen LogP contribution in [0.3, 0.4) is 0 Å². The number of rotatable bonds is 8. The van der Waals surface area contributed by atoms with Crippen LogP contribution < -0.4 is 16.0 Å². The number of anilines is 2. The summed E-state index contributed by atoms with van der Waals surface area (Å²) < 4.78 is 13.2. The molecule has 5 nitrogen and oxygen atoms in total. The van der Waals surface area contributed by atoms with Crippen LogP contribution in [0.5, 0.6) is 0 Å². The molecule has 3 rings (SSSR count). The summed E-state index contributed by atoms with van der Waals surface area (Å²) in [6.07, 6.45) is 0. The Balaban J connectivity index is 1.65. The van der Waals surface area contributed by atoms with Gasteiger partial charge in [-0.05, 0) is 47.9 Å². The first-order valence-corrected chi connectivity index (χ1v) is 10.2. The van der Waals surface area contributed by atoms with Gasteiger partial charge in [-0.15, -0.1) is 0 Å². The van der Waals surface area contributed by atoms with Crippen LogP contribution in [0.15, 0.2) is 78.9 Å². The van der Waals surface area contributed by atoms with Crippen LogP contribution in [0.25, 0.3) is 0 Å². The molecule has 3 N–H and O–H groups in total. The molecule has 0 aliphatic rings. The van der Waals surface area contributed by atoms with Crippen molar-refractivity contribution in [2.45, 2.75) is 19.9 Å². The Morgan fingerprint density at radius 2 is 1.48 bits per heavy atom. The van der Waals surface area contributed by atoms with Crippen molar-refractivity contribution in [3.63, 3.8) is 0 Å². The van der Waals surface area contributed by atoms with Crippen LogP contribution in [-0.2, 0) is 4.79 Å². The zero-order valence-electron chi connectivity index (χ0n) is 17.6. The van der Waals surface area contributed by atoms with Crippen molar-refractivity contribution in [2.75, 3.05) is 17.2 Å². The summed E-state index contributed by atoms with van der Waals surface area (Å²) in [5.74, 6) is -0.675. The number of halogens is 1. The summed E-state index contributed by atoms with van der Waals surface area (Å²) in [6.45, 7) is 4.11. The van der Waals surface area contributed by atoms with Crippen LogP contribution >= 0.6 is 0 Å². The molecule has 2 amide bonds. The molecule has 0 aromatic heterocycles. The second-order valence-electron chi connectivity index (χ2n) is 7.57. The molecule has 6 heteroatoms. The quantitative estimate of drug-likeness (QED) is 0.481. The SMILES string of the molecule is CC(C)[C@@H](NCC(=O)Nc1ccccc1C(=O)Nc1ccccc1)c1ccc(F)cc1.